The molecule has 0 aromatic rings. The summed E-state index contributed by atoms with van der Waals surface area (Å²) in [6, 6.07) is 1.37. The lowest BCUT2D eigenvalue weighted by Gasteiger charge is -2.34. The molecular weight excluding hydrogens is 276 g/mol. The van der Waals surface area contributed by atoms with Gasteiger partial charge in [0.25, 0.3) is 0 Å². The van der Waals surface area contributed by atoms with Crippen LogP contribution in [0.3, 0.4) is 0 Å². The third kappa shape index (κ3) is 3.66. The summed E-state index contributed by atoms with van der Waals surface area (Å²) in [7, 11) is 1.75. The molecule has 3 heterocycles. The first-order valence-corrected chi connectivity index (χ1v) is 7.81. The van der Waals surface area contributed by atoms with Crippen LogP contribution in [-0.2, 0) is 9.53 Å². The van der Waals surface area contributed by atoms with Crippen molar-refractivity contribution in [2.24, 2.45) is 5.92 Å². The standard InChI is InChI=1S/C15H26N2O2.ClH/c1-19-14-3-2-6-17(10-14)15(18)9-11-7-12-4-5-13(8-11)16-12;/h11-14,16H,2-10H2,1H3;1H. The van der Waals surface area contributed by atoms with E-state index in [4.69, 9.17) is 4.74 Å². The van der Waals surface area contributed by atoms with Gasteiger partial charge in [0.15, 0.2) is 0 Å². The fourth-order valence-corrected chi connectivity index (χ4v) is 4.07. The number of piperidine rings is 2. The number of carbonyl (C=O) groups excluding carboxylic acids is 1. The largest absolute Gasteiger partial charge is 0.380 e. The maximum Gasteiger partial charge on any atom is 0.222 e. The van der Waals surface area contributed by atoms with Crippen molar-refractivity contribution >= 4 is 18.3 Å². The highest BCUT2D eigenvalue weighted by Crippen LogP contribution is 2.33. The smallest absolute Gasteiger partial charge is 0.222 e. The molecule has 0 aliphatic carbocycles. The number of amides is 1. The topological polar surface area (TPSA) is 41.6 Å². The number of rotatable bonds is 3. The van der Waals surface area contributed by atoms with E-state index >= 15 is 0 Å². The van der Waals surface area contributed by atoms with Gasteiger partial charge in [0, 0.05) is 38.7 Å². The van der Waals surface area contributed by atoms with Gasteiger partial charge in [-0.1, -0.05) is 0 Å². The summed E-state index contributed by atoms with van der Waals surface area (Å²) in [6.45, 7) is 1.73. The van der Waals surface area contributed by atoms with Crippen LogP contribution < -0.4 is 5.32 Å². The SMILES string of the molecule is COC1CCCN(C(=O)CC2CC3CCC(C2)N3)C1.Cl. The van der Waals surface area contributed by atoms with Gasteiger partial charge in [-0.15, -0.1) is 12.4 Å². The number of nitrogens with one attached hydrogen (secondary N) is 1. The van der Waals surface area contributed by atoms with Crippen LogP contribution in [0.4, 0.5) is 0 Å². The third-order valence-electron chi connectivity index (χ3n) is 5.10. The van der Waals surface area contributed by atoms with Crippen molar-refractivity contribution in [3.8, 4) is 0 Å². The van der Waals surface area contributed by atoms with Gasteiger partial charge in [0.2, 0.25) is 5.91 Å². The molecule has 0 radical (unpaired) electrons. The molecule has 3 saturated heterocycles. The Labute approximate surface area is 128 Å². The third-order valence-corrected chi connectivity index (χ3v) is 5.10. The first-order chi connectivity index (χ1) is 9.24. The van der Waals surface area contributed by atoms with E-state index in [2.05, 4.69) is 5.32 Å². The molecule has 3 rings (SSSR count). The van der Waals surface area contributed by atoms with Crippen LogP contribution in [0.15, 0.2) is 0 Å². The summed E-state index contributed by atoms with van der Waals surface area (Å²) in [6.07, 6.45) is 8.20. The molecule has 1 amide bonds. The number of methoxy groups -OCH3 is 1. The van der Waals surface area contributed by atoms with E-state index in [0.29, 0.717) is 23.9 Å². The lowest BCUT2D eigenvalue weighted by Crippen LogP contribution is -2.45. The molecule has 3 fully saturated rings. The Balaban J connectivity index is 0.00000147. The van der Waals surface area contributed by atoms with Crippen molar-refractivity contribution in [2.45, 2.75) is 63.1 Å². The maximum atomic E-state index is 12.4. The van der Waals surface area contributed by atoms with Crippen molar-refractivity contribution in [3.63, 3.8) is 0 Å². The van der Waals surface area contributed by atoms with E-state index in [9.17, 15) is 4.79 Å². The normalized spacial score (nSPS) is 36.5. The molecule has 0 aromatic heterocycles. The molecule has 3 aliphatic heterocycles. The minimum Gasteiger partial charge on any atom is -0.380 e. The summed E-state index contributed by atoms with van der Waals surface area (Å²) >= 11 is 0. The number of hydrogen-bond donors (Lipinski definition) is 1. The van der Waals surface area contributed by atoms with E-state index in [1.165, 1.54) is 25.7 Å². The van der Waals surface area contributed by atoms with Crippen molar-refractivity contribution in [3.05, 3.63) is 0 Å². The first kappa shape index (κ1) is 16.1. The van der Waals surface area contributed by atoms with E-state index in [1.54, 1.807) is 7.11 Å². The molecule has 20 heavy (non-hydrogen) atoms. The molecular formula is C15H27ClN2O2. The zero-order chi connectivity index (χ0) is 13.2. The summed E-state index contributed by atoms with van der Waals surface area (Å²) in [4.78, 5) is 14.4. The van der Waals surface area contributed by atoms with Crippen LogP contribution in [0.1, 0.15) is 44.9 Å². The van der Waals surface area contributed by atoms with Crippen LogP contribution in [0.5, 0.6) is 0 Å². The van der Waals surface area contributed by atoms with Crippen LogP contribution in [0.2, 0.25) is 0 Å². The van der Waals surface area contributed by atoms with Gasteiger partial charge in [-0.3, -0.25) is 4.79 Å². The van der Waals surface area contributed by atoms with Crippen molar-refractivity contribution in [1.82, 2.24) is 10.2 Å². The second-order valence-electron chi connectivity index (χ2n) is 6.52. The Morgan fingerprint density at radius 3 is 2.60 bits per heavy atom. The first-order valence-electron chi connectivity index (χ1n) is 7.81. The quantitative estimate of drug-likeness (QED) is 0.866. The van der Waals surface area contributed by atoms with Crippen molar-refractivity contribution in [2.75, 3.05) is 20.2 Å². The number of fused-ring (bicyclic) bond motifs is 2. The Morgan fingerprint density at radius 1 is 1.25 bits per heavy atom. The molecule has 3 unspecified atom stereocenters. The van der Waals surface area contributed by atoms with Gasteiger partial charge in [0.1, 0.15) is 0 Å². The average Bonchev–Trinajstić information content (AvgIpc) is 2.78. The molecule has 4 nitrogen and oxygen atoms in total. The predicted octanol–water partition coefficient (Wildman–Crippen LogP) is 1.97. The number of nitrogens with zero attached hydrogens (tertiary/aromatic N) is 1. The van der Waals surface area contributed by atoms with Crippen LogP contribution >= 0.6 is 12.4 Å². The molecule has 2 bridgehead atoms. The van der Waals surface area contributed by atoms with Gasteiger partial charge in [-0.2, -0.15) is 0 Å². The Bertz CT molecular complexity index is 328. The van der Waals surface area contributed by atoms with Crippen LogP contribution in [-0.4, -0.2) is 49.2 Å². The monoisotopic (exact) mass is 302 g/mol. The Kier molecular flexibility index (Phi) is 5.70. The molecule has 5 heteroatoms. The second-order valence-corrected chi connectivity index (χ2v) is 6.52. The van der Waals surface area contributed by atoms with Gasteiger partial charge < -0.3 is 15.0 Å². The second kappa shape index (κ2) is 7.10. The zero-order valence-corrected chi connectivity index (χ0v) is 13.2. The molecule has 116 valence electrons. The number of carbonyl (C=O) groups is 1. The highest BCUT2D eigenvalue weighted by molar-refractivity contribution is 5.85. The van der Waals surface area contributed by atoms with E-state index in [-0.39, 0.29) is 18.5 Å². The minimum atomic E-state index is 0. The maximum absolute atomic E-state index is 12.4. The molecule has 3 atom stereocenters. The van der Waals surface area contributed by atoms with Crippen molar-refractivity contribution < 1.29 is 9.53 Å². The number of halogens is 1. The molecule has 3 aliphatic rings. The summed E-state index contributed by atoms with van der Waals surface area (Å²) < 4.78 is 5.40. The zero-order valence-electron chi connectivity index (χ0n) is 12.3. The highest BCUT2D eigenvalue weighted by Gasteiger charge is 2.35. The minimum absolute atomic E-state index is 0. The molecule has 0 aromatic carbocycles. The van der Waals surface area contributed by atoms with Gasteiger partial charge in [0.05, 0.1) is 6.10 Å². The van der Waals surface area contributed by atoms with E-state index in [1.807, 2.05) is 4.90 Å². The summed E-state index contributed by atoms with van der Waals surface area (Å²) in [5, 5.41) is 3.64. The van der Waals surface area contributed by atoms with Gasteiger partial charge >= 0.3 is 0 Å². The lowest BCUT2D eigenvalue weighted by atomic mass is 9.89. The lowest BCUT2D eigenvalue weighted by molar-refractivity contribution is -0.136. The number of hydrogen-bond acceptors (Lipinski definition) is 3. The Morgan fingerprint density at radius 2 is 1.95 bits per heavy atom. The van der Waals surface area contributed by atoms with Gasteiger partial charge in [-0.25, -0.2) is 0 Å². The molecule has 0 spiro atoms. The summed E-state index contributed by atoms with van der Waals surface area (Å²) in [5.74, 6) is 0.960. The van der Waals surface area contributed by atoms with Gasteiger partial charge in [-0.05, 0) is 44.4 Å². The van der Waals surface area contributed by atoms with E-state index < -0.39 is 0 Å². The highest BCUT2D eigenvalue weighted by atomic mass is 35.5. The Hall–Kier alpha value is -0.320. The van der Waals surface area contributed by atoms with Crippen molar-refractivity contribution in [1.29, 1.82) is 0 Å². The summed E-state index contributed by atoms with van der Waals surface area (Å²) in [5.41, 5.74) is 0. The molecule has 1 N–H and O–H groups in total. The molecule has 0 saturated carbocycles. The fraction of sp³-hybridized carbons (Fsp3) is 0.933. The predicted molar refractivity (Wildman–Crippen MR) is 81.1 cm³/mol. The number of likely N-dealkylation sites (tertiary alicyclic amines) is 1. The number of ether oxygens (including phenoxy) is 1. The fourth-order valence-electron chi connectivity index (χ4n) is 4.07. The van der Waals surface area contributed by atoms with Crippen LogP contribution in [0, 0.1) is 5.92 Å². The van der Waals surface area contributed by atoms with Crippen LogP contribution in [0.25, 0.3) is 0 Å². The van der Waals surface area contributed by atoms with E-state index in [0.717, 1.165) is 32.4 Å². The average molecular weight is 303 g/mol.